The molecule has 130 valence electrons. The maximum Gasteiger partial charge on any atom is 0.0200 e. The van der Waals surface area contributed by atoms with Crippen LogP contribution in [-0.2, 0) is 5.41 Å². The molecule has 0 heterocycles. The Hall–Kier alpha value is -1.56. The SMILES string of the molecule is CCCCCCCCCC(CC)(c1ccccc1)c1ccccc1. The van der Waals surface area contributed by atoms with E-state index >= 15 is 0 Å². The molecule has 0 aliphatic rings. The van der Waals surface area contributed by atoms with Crippen LogP contribution in [0.5, 0.6) is 0 Å². The van der Waals surface area contributed by atoms with Crippen molar-refractivity contribution in [2.24, 2.45) is 0 Å². The lowest BCUT2D eigenvalue weighted by molar-refractivity contribution is 0.425. The van der Waals surface area contributed by atoms with Gasteiger partial charge < -0.3 is 0 Å². The molecule has 2 aromatic carbocycles. The molecule has 0 unspecified atom stereocenters. The van der Waals surface area contributed by atoms with Crippen molar-refractivity contribution in [1.82, 2.24) is 0 Å². The molecule has 0 amide bonds. The summed E-state index contributed by atoms with van der Waals surface area (Å²) in [6.07, 6.45) is 12.0. The van der Waals surface area contributed by atoms with Gasteiger partial charge in [0.05, 0.1) is 0 Å². The molecule has 2 aromatic rings. The van der Waals surface area contributed by atoms with Gasteiger partial charge in [0, 0.05) is 5.41 Å². The van der Waals surface area contributed by atoms with Gasteiger partial charge in [-0.2, -0.15) is 0 Å². The molecule has 0 fully saturated rings. The van der Waals surface area contributed by atoms with Gasteiger partial charge in [-0.1, -0.05) is 119 Å². The summed E-state index contributed by atoms with van der Waals surface area (Å²) >= 11 is 0. The highest BCUT2D eigenvalue weighted by Crippen LogP contribution is 2.40. The maximum atomic E-state index is 2.35. The zero-order valence-corrected chi connectivity index (χ0v) is 15.6. The van der Waals surface area contributed by atoms with Crippen LogP contribution in [0.3, 0.4) is 0 Å². The topological polar surface area (TPSA) is 0 Å². The zero-order valence-electron chi connectivity index (χ0n) is 15.6. The number of unbranched alkanes of at least 4 members (excludes halogenated alkanes) is 6. The zero-order chi connectivity index (χ0) is 17.1. The molecule has 0 radical (unpaired) electrons. The summed E-state index contributed by atoms with van der Waals surface area (Å²) in [5.74, 6) is 0. The summed E-state index contributed by atoms with van der Waals surface area (Å²) in [7, 11) is 0. The Balaban J connectivity index is 2.06. The molecule has 0 nitrogen and oxygen atoms in total. The summed E-state index contributed by atoms with van der Waals surface area (Å²) in [5, 5.41) is 0. The van der Waals surface area contributed by atoms with E-state index in [1.807, 2.05) is 0 Å². The van der Waals surface area contributed by atoms with Crippen LogP contribution in [-0.4, -0.2) is 0 Å². The molecular weight excluding hydrogens is 288 g/mol. The molecule has 24 heavy (non-hydrogen) atoms. The molecule has 0 spiro atoms. The Morgan fingerprint density at radius 1 is 0.583 bits per heavy atom. The van der Waals surface area contributed by atoms with Crippen LogP contribution in [0.4, 0.5) is 0 Å². The number of rotatable bonds is 11. The lowest BCUT2D eigenvalue weighted by Gasteiger charge is -2.34. The summed E-state index contributed by atoms with van der Waals surface area (Å²) in [4.78, 5) is 0. The first-order chi connectivity index (χ1) is 11.8. The van der Waals surface area contributed by atoms with E-state index < -0.39 is 0 Å². The first-order valence-electron chi connectivity index (χ1n) is 9.94. The molecule has 0 atom stereocenters. The third-order valence-corrected chi connectivity index (χ3v) is 5.46. The second-order valence-corrected chi connectivity index (χ2v) is 7.04. The standard InChI is InChI=1S/C24H34/c1-3-5-6-7-8-9-16-21-24(4-2,22-17-12-10-13-18-22)23-19-14-11-15-20-23/h10-15,17-20H,3-9,16,21H2,1-2H3. The average Bonchev–Trinajstić information content (AvgIpc) is 2.66. The summed E-state index contributed by atoms with van der Waals surface area (Å²) < 4.78 is 0. The van der Waals surface area contributed by atoms with E-state index in [4.69, 9.17) is 0 Å². The van der Waals surface area contributed by atoms with Crippen molar-refractivity contribution >= 4 is 0 Å². The average molecular weight is 323 g/mol. The first-order valence-corrected chi connectivity index (χ1v) is 9.94. The molecule has 0 aliphatic carbocycles. The van der Waals surface area contributed by atoms with E-state index in [9.17, 15) is 0 Å². The van der Waals surface area contributed by atoms with Crippen LogP contribution >= 0.6 is 0 Å². The summed E-state index contributed by atoms with van der Waals surface area (Å²) in [6.45, 7) is 4.64. The molecule has 2 rings (SSSR count). The summed E-state index contributed by atoms with van der Waals surface area (Å²) in [6, 6.07) is 22.3. The van der Waals surface area contributed by atoms with E-state index in [0.717, 1.165) is 6.42 Å². The van der Waals surface area contributed by atoms with Crippen LogP contribution in [0.25, 0.3) is 0 Å². The van der Waals surface area contributed by atoms with Crippen molar-refractivity contribution in [3.63, 3.8) is 0 Å². The Morgan fingerprint density at radius 3 is 1.50 bits per heavy atom. The van der Waals surface area contributed by atoms with Gasteiger partial charge in [0.15, 0.2) is 0 Å². The van der Waals surface area contributed by atoms with Gasteiger partial charge in [0.1, 0.15) is 0 Å². The highest BCUT2D eigenvalue weighted by Gasteiger charge is 2.31. The van der Waals surface area contributed by atoms with Crippen LogP contribution in [0.2, 0.25) is 0 Å². The van der Waals surface area contributed by atoms with E-state index in [1.165, 1.54) is 62.5 Å². The maximum absolute atomic E-state index is 2.35. The predicted octanol–water partition coefficient (Wildman–Crippen LogP) is 7.52. The quantitative estimate of drug-likeness (QED) is 0.375. The van der Waals surface area contributed by atoms with Gasteiger partial charge >= 0.3 is 0 Å². The van der Waals surface area contributed by atoms with Crippen LogP contribution in [0.1, 0.15) is 82.8 Å². The van der Waals surface area contributed by atoms with E-state index in [-0.39, 0.29) is 5.41 Å². The van der Waals surface area contributed by atoms with Crippen molar-refractivity contribution in [2.75, 3.05) is 0 Å². The predicted molar refractivity (Wildman–Crippen MR) is 107 cm³/mol. The van der Waals surface area contributed by atoms with Gasteiger partial charge in [-0.15, -0.1) is 0 Å². The fraction of sp³-hybridized carbons (Fsp3) is 0.500. The minimum absolute atomic E-state index is 0.173. The van der Waals surface area contributed by atoms with Crippen molar-refractivity contribution in [2.45, 2.75) is 77.0 Å². The largest absolute Gasteiger partial charge is 0.0654 e. The molecule has 0 N–H and O–H groups in total. The van der Waals surface area contributed by atoms with Gasteiger partial charge in [0.25, 0.3) is 0 Å². The normalized spacial score (nSPS) is 11.6. The second-order valence-electron chi connectivity index (χ2n) is 7.04. The highest BCUT2D eigenvalue weighted by atomic mass is 14.3. The van der Waals surface area contributed by atoms with Crippen LogP contribution in [0.15, 0.2) is 60.7 Å². The minimum atomic E-state index is 0.173. The third kappa shape index (κ3) is 4.97. The van der Waals surface area contributed by atoms with Crippen LogP contribution < -0.4 is 0 Å². The summed E-state index contributed by atoms with van der Waals surface area (Å²) in [5.41, 5.74) is 3.13. The molecule has 0 bridgehead atoms. The lowest BCUT2D eigenvalue weighted by Crippen LogP contribution is -2.27. The fourth-order valence-electron chi connectivity index (χ4n) is 3.94. The lowest BCUT2D eigenvalue weighted by atomic mass is 9.69. The molecule has 0 heteroatoms. The smallest absolute Gasteiger partial charge is 0.0200 e. The van der Waals surface area contributed by atoms with E-state index in [2.05, 4.69) is 74.5 Å². The van der Waals surface area contributed by atoms with E-state index in [0.29, 0.717) is 0 Å². The molecule has 0 saturated heterocycles. The van der Waals surface area contributed by atoms with Crippen molar-refractivity contribution in [3.05, 3.63) is 71.8 Å². The number of hydrogen-bond donors (Lipinski definition) is 0. The Labute approximate surface area is 149 Å². The van der Waals surface area contributed by atoms with Crippen LogP contribution in [0, 0.1) is 0 Å². The molecule has 0 saturated carbocycles. The second kappa shape index (κ2) is 10.3. The van der Waals surface area contributed by atoms with E-state index in [1.54, 1.807) is 0 Å². The van der Waals surface area contributed by atoms with Crippen molar-refractivity contribution in [1.29, 1.82) is 0 Å². The minimum Gasteiger partial charge on any atom is -0.0654 e. The Kier molecular flexibility index (Phi) is 8.08. The Bertz CT molecular complexity index is 501. The van der Waals surface area contributed by atoms with Gasteiger partial charge in [-0.05, 0) is 24.0 Å². The van der Waals surface area contributed by atoms with Gasteiger partial charge in [-0.25, -0.2) is 0 Å². The van der Waals surface area contributed by atoms with Gasteiger partial charge in [0.2, 0.25) is 0 Å². The third-order valence-electron chi connectivity index (χ3n) is 5.46. The molecule has 0 aliphatic heterocycles. The highest BCUT2D eigenvalue weighted by molar-refractivity contribution is 5.39. The van der Waals surface area contributed by atoms with Crippen molar-refractivity contribution < 1.29 is 0 Å². The monoisotopic (exact) mass is 322 g/mol. The molecular formula is C24H34. The number of benzene rings is 2. The van der Waals surface area contributed by atoms with Gasteiger partial charge in [-0.3, -0.25) is 0 Å². The fourth-order valence-corrected chi connectivity index (χ4v) is 3.94. The first kappa shape index (κ1) is 18.8. The van der Waals surface area contributed by atoms with Crippen molar-refractivity contribution in [3.8, 4) is 0 Å². The molecule has 0 aromatic heterocycles. The Morgan fingerprint density at radius 2 is 1.04 bits per heavy atom. The number of hydrogen-bond acceptors (Lipinski definition) is 0.